The second-order valence-corrected chi connectivity index (χ2v) is 3.99. The first-order chi connectivity index (χ1) is 7.34. The number of fused-ring (bicyclic) bond motifs is 1. The fourth-order valence-corrected chi connectivity index (χ4v) is 2.28. The number of aromatic nitrogens is 2. The Bertz CT molecular complexity index is 435. The molecule has 80 valence electrons. The SMILES string of the molecule is O=c1nc(C2CCCO2)c2c([nH]1)CNC2. The van der Waals surface area contributed by atoms with Crippen molar-refractivity contribution in [2.75, 3.05) is 6.61 Å². The van der Waals surface area contributed by atoms with Gasteiger partial charge in [-0.05, 0) is 12.8 Å². The van der Waals surface area contributed by atoms with Gasteiger partial charge in [-0.3, -0.25) is 0 Å². The number of H-pyrrole nitrogens is 1. The zero-order valence-electron chi connectivity index (χ0n) is 8.38. The van der Waals surface area contributed by atoms with Gasteiger partial charge in [0.2, 0.25) is 0 Å². The van der Waals surface area contributed by atoms with Crippen LogP contribution in [0.3, 0.4) is 0 Å². The van der Waals surface area contributed by atoms with Crippen molar-refractivity contribution >= 4 is 0 Å². The van der Waals surface area contributed by atoms with E-state index in [1.807, 2.05) is 0 Å². The molecule has 0 radical (unpaired) electrons. The van der Waals surface area contributed by atoms with Crippen molar-refractivity contribution in [3.05, 3.63) is 27.4 Å². The molecule has 5 heteroatoms. The van der Waals surface area contributed by atoms with Crippen LogP contribution < -0.4 is 11.0 Å². The molecule has 0 spiro atoms. The standard InChI is InChI=1S/C10H13N3O2/c14-10-12-7-5-11-4-6(7)9(13-10)8-2-1-3-15-8/h8,11H,1-5H2,(H,12,13,14). The third-order valence-electron chi connectivity index (χ3n) is 2.99. The van der Waals surface area contributed by atoms with E-state index in [4.69, 9.17) is 4.74 Å². The van der Waals surface area contributed by atoms with Gasteiger partial charge in [0.05, 0.1) is 5.69 Å². The Hall–Kier alpha value is -1.20. The predicted molar refractivity (Wildman–Crippen MR) is 53.3 cm³/mol. The number of hydrogen-bond donors (Lipinski definition) is 2. The lowest BCUT2D eigenvalue weighted by molar-refractivity contribution is 0.107. The first-order valence-electron chi connectivity index (χ1n) is 5.29. The minimum Gasteiger partial charge on any atom is -0.372 e. The molecule has 0 saturated carbocycles. The van der Waals surface area contributed by atoms with E-state index in [9.17, 15) is 4.79 Å². The molecule has 3 heterocycles. The van der Waals surface area contributed by atoms with Crippen LogP contribution in [0.1, 0.15) is 35.9 Å². The zero-order chi connectivity index (χ0) is 10.3. The number of rotatable bonds is 1. The minimum atomic E-state index is -0.261. The second-order valence-electron chi connectivity index (χ2n) is 3.99. The summed E-state index contributed by atoms with van der Waals surface area (Å²) in [7, 11) is 0. The maximum Gasteiger partial charge on any atom is 0.345 e. The molecule has 2 aliphatic rings. The minimum absolute atomic E-state index is 0.0287. The summed E-state index contributed by atoms with van der Waals surface area (Å²) in [5, 5.41) is 3.21. The van der Waals surface area contributed by atoms with E-state index in [1.54, 1.807) is 0 Å². The van der Waals surface area contributed by atoms with E-state index < -0.39 is 0 Å². The molecule has 15 heavy (non-hydrogen) atoms. The van der Waals surface area contributed by atoms with E-state index in [0.717, 1.165) is 49.5 Å². The van der Waals surface area contributed by atoms with Gasteiger partial charge in [0, 0.05) is 31.0 Å². The molecule has 5 nitrogen and oxygen atoms in total. The van der Waals surface area contributed by atoms with Crippen LogP contribution in [0.15, 0.2) is 4.79 Å². The molecule has 1 atom stereocenters. The fourth-order valence-electron chi connectivity index (χ4n) is 2.28. The Kier molecular flexibility index (Phi) is 2.07. The van der Waals surface area contributed by atoms with Crippen molar-refractivity contribution in [2.24, 2.45) is 0 Å². The maximum absolute atomic E-state index is 11.4. The van der Waals surface area contributed by atoms with Crippen molar-refractivity contribution in [1.29, 1.82) is 0 Å². The summed E-state index contributed by atoms with van der Waals surface area (Å²) < 4.78 is 5.58. The van der Waals surface area contributed by atoms with Crippen molar-refractivity contribution in [3.8, 4) is 0 Å². The molecule has 3 rings (SSSR count). The number of ether oxygens (including phenoxy) is 1. The van der Waals surface area contributed by atoms with Crippen LogP contribution in [0.4, 0.5) is 0 Å². The third-order valence-corrected chi connectivity index (χ3v) is 2.99. The maximum atomic E-state index is 11.4. The van der Waals surface area contributed by atoms with E-state index in [-0.39, 0.29) is 11.8 Å². The average Bonchev–Trinajstić information content (AvgIpc) is 2.86. The molecule has 1 aromatic rings. The molecular weight excluding hydrogens is 194 g/mol. The van der Waals surface area contributed by atoms with Gasteiger partial charge in [-0.2, -0.15) is 4.98 Å². The lowest BCUT2D eigenvalue weighted by Crippen LogP contribution is -2.18. The third kappa shape index (κ3) is 1.48. The normalized spacial score (nSPS) is 24.4. The Labute approximate surface area is 86.9 Å². The fraction of sp³-hybridized carbons (Fsp3) is 0.600. The summed E-state index contributed by atoms with van der Waals surface area (Å²) in [6.07, 6.45) is 2.06. The summed E-state index contributed by atoms with van der Waals surface area (Å²) in [5.74, 6) is 0. The molecule has 1 unspecified atom stereocenters. The summed E-state index contributed by atoms with van der Waals surface area (Å²) >= 11 is 0. The van der Waals surface area contributed by atoms with Gasteiger partial charge in [0.1, 0.15) is 6.10 Å². The highest BCUT2D eigenvalue weighted by molar-refractivity contribution is 5.29. The van der Waals surface area contributed by atoms with E-state index in [1.165, 1.54) is 0 Å². The predicted octanol–water partition coefficient (Wildman–Crippen LogP) is 0.225. The molecular formula is C10H13N3O2. The van der Waals surface area contributed by atoms with Crippen LogP contribution in [0.25, 0.3) is 0 Å². The summed E-state index contributed by atoms with van der Waals surface area (Å²) in [6.45, 7) is 2.29. The summed E-state index contributed by atoms with van der Waals surface area (Å²) in [5.41, 5.74) is 2.68. The van der Waals surface area contributed by atoms with Gasteiger partial charge in [0.25, 0.3) is 0 Å². The smallest absolute Gasteiger partial charge is 0.345 e. The Morgan fingerprint density at radius 1 is 1.40 bits per heavy atom. The van der Waals surface area contributed by atoms with Crippen LogP contribution >= 0.6 is 0 Å². The zero-order valence-corrected chi connectivity index (χ0v) is 8.38. The molecule has 1 saturated heterocycles. The van der Waals surface area contributed by atoms with E-state index in [0.29, 0.717) is 0 Å². The molecule has 2 aliphatic heterocycles. The van der Waals surface area contributed by atoms with Gasteiger partial charge in [-0.1, -0.05) is 0 Å². The highest BCUT2D eigenvalue weighted by atomic mass is 16.5. The van der Waals surface area contributed by atoms with E-state index in [2.05, 4.69) is 15.3 Å². The van der Waals surface area contributed by atoms with Crippen LogP contribution in [0, 0.1) is 0 Å². The van der Waals surface area contributed by atoms with Crippen molar-refractivity contribution in [1.82, 2.24) is 15.3 Å². The largest absolute Gasteiger partial charge is 0.372 e. The van der Waals surface area contributed by atoms with Crippen LogP contribution in [0.5, 0.6) is 0 Å². The van der Waals surface area contributed by atoms with Gasteiger partial charge in [0.15, 0.2) is 0 Å². The molecule has 1 fully saturated rings. The quantitative estimate of drug-likeness (QED) is 0.691. The Morgan fingerprint density at radius 2 is 2.33 bits per heavy atom. The van der Waals surface area contributed by atoms with Gasteiger partial charge >= 0.3 is 5.69 Å². The van der Waals surface area contributed by atoms with Gasteiger partial charge < -0.3 is 15.0 Å². The molecule has 1 aromatic heterocycles. The highest BCUT2D eigenvalue weighted by Crippen LogP contribution is 2.30. The van der Waals surface area contributed by atoms with E-state index >= 15 is 0 Å². The molecule has 2 N–H and O–H groups in total. The molecule has 0 amide bonds. The van der Waals surface area contributed by atoms with Crippen molar-refractivity contribution < 1.29 is 4.74 Å². The van der Waals surface area contributed by atoms with Crippen LogP contribution in [-0.4, -0.2) is 16.6 Å². The first-order valence-corrected chi connectivity index (χ1v) is 5.29. The molecule has 0 bridgehead atoms. The lowest BCUT2D eigenvalue weighted by Gasteiger charge is -2.11. The van der Waals surface area contributed by atoms with Crippen molar-refractivity contribution in [2.45, 2.75) is 32.0 Å². The highest BCUT2D eigenvalue weighted by Gasteiger charge is 2.26. The Morgan fingerprint density at radius 3 is 3.13 bits per heavy atom. The average molecular weight is 207 g/mol. The van der Waals surface area contributed by atoms with Crippen LogP contribution in [-0.2, 0) is 17.8 Å². The van der Waals surface area contributed by atoms with Gasteiger partial charge in [-0.15, -0.1) is 0 Å². The lowest BCUT2D eigenvalue weighted by atomic mass is 10.1. The van der Waals surface area contributed by atoms with Gasteiger partial charge in [-0.25, -0.2) is 4.79 Å². The number of nitrogens with zero attached hydrogens (tertiary/aromatic N) is 1. The summed E-state index contributed by atoms with van der Waals surface area (Å²) in [4.78, 5) is 18.2. The molecule has 0 aliphatic carbocycles. The number of nitrogens with one attached hydrogen (secondary N) is 2. The topological polar surface area (TPSA) is 67.0 Å². The number of aromatic amines is 1. The number of hydrogen-bond acceptors (Lipinski definition) is 4. The van der Waals surface area contributed by atoms with Crippen LogP contribution in [0.2, 0.25) is 0 Å². The summed E-state index contributed by atoms with van der Waals surface area (Å²) in [6, 6.07) is 0. The second kappa shape index (κ2) is 3.43. The van der Waals surface area contributed by atoms with Crippen molar-refractivity contribution in [3.63, 3.8) is 0 Å². The Balaban J connectivity index is 2.09. The molecule has 0 aromatic carbocycles. The monoisotopic (exact) mass is 207 g/mol. The first kappa shape index (κ1) is 9.06.